The molecule has 0 aliphatic rings. The van der Waals surface area contributed by atoms with Gasteiger partial charge in [0.2, 0.25) is 0 Å². The Kier molecular flexibility index (Phi) is 8.53. The number of hydrogen-bond donors (Lipinski definition) is 0. The van der Waals surface area contributed by atoms with Gasteiger partial charge in [-0.15, -0.1) is 0 Å². The Hall–Kier alpha value is -3.67. The van der Waals surface area contributed by atoms with E-state index in [-0.39, 0.29) is 35.7 Å². The quantitative estimate of drug-likeness (QED) is 0.156. The van der Waals surface area contributed by atoms with Crippen molar-refractivity contribution in [2.45, 2.75) is 11.6 Å². The first-order valence-corrected chi connectivity index (χ1v) is 13.1. The van der Waals surface area contributed by atoms with Crippen LogP contribution in [0.3, 0.4) is 0 Å². The van der Waals surface area contributed by atoms with Gasteiger partial charge in [0.25, 0.3) is 0 Å². The number of methoxy groups -OCH3 is 2. The maximum atomic E-state index is 6.06. The van der Waals surface area contributed by atoms with E-state index in [1.54, 1.807) is 14.2 Å². The zero-order chi connectivity index (χ0) is 26.7. The summed E-state index contributed by atoms with van der Waals surface area (Å²) in [7, 11) is 3.42. The Labute approximate surface area is 257 Å². The molecular weight excluding hydrogens is 503 g/mol. The molecule has 0 aliphatic carbocycles. The first-order chi connectivity index (χ1) is 19.2. The molecule has 5 heteroatoms. The summed E-state index contributed by atoms with van der Waals surface area (Å²) in [5, 5.41) is 2.25. The van der Waals surface area contributed by atoms with Crippen LogP contribution in [0.5, 0.6) is 5.75 Å². The van der Waals surface area contributed by atoms with Gasteiger partial charge in [0.1, 0.15) is 17.4 Å². The number of benzene rings is 5. The second-order valence-electron chi connectivity index (χ2n) is 9.60. The molecule has 0 amide bonds. The fourth-order valence-corrected chi connectivity index (χ4v) is 5.60. The van der Waals surface area contributed by atoms with Crippen LogP contribution in [0.1, 0.15) is 34.1 Å². The van der Waals surface area contributed by atoms with E-state index in [1.165, 1.54) is 0 Å². The first-order valence-electron chi connectivity index (χ1n) is 13.1. The van der Waals surface area contributed by atoms with E-state index in [0.29, 0.717) is 0 Å². The summed E-state index contributed by atoms with van der Waals surface area (Å²) >= 11 is 0. The van der Waals surface area contributed by atoms with Crippen LogP contribution in [-0.2, 0) is 10.3 Å². The van der Waals surface area contributed by atoms with Gasteiger partial charge in [0.15, 0.2) is 0 Å². The van der Waals surface area contributed by atoms with Crippen molar-refractivity contribution in [1.29, 1.82) is 0 Å². The molecule has 0 radical (unpaired) electrons. The Bertz CT molecular complexity index is 1590. The van der Waals surface area contributed by atoms with E-state index in [1.807, 2.05) is 18.5 Å². The molecule has 6 aromatic rings. The van der Waals surface area contributed by atoms with Crippen LogP contribution in [0.25, 0.3) is 10.8 Å². The molecule has 194 valence electrons. The zero-order valence-electron chi connectivity index (χ0n) is 22.1. The van der Waals surface area contributed by atoms with E-state index in [9.17, 15) is 0 Å². The molecule has 0 spiro atoms. The van der Waals surface area contributed by atoms with Gasteiger partial charge in [-0.05, 0) is 51.2 Å². The van der Waals surface area contributed by atoms with Crippen LogP contribution in [0.2, 0.25) is 0 Å². The van der Waals surface area contributed by atoms with Crippen molar-refractivity contribution in [3.8, 4) is 5.75 Å². The van der Waals surface area contributed by atoms with Gasteiger partial charge >= 0.3 is 29.6 Å². The SMILES string of the molecule is COc1ccc2cc(C(OC)c3cn(C(c4ccccc4)(c4ccccc4)c4ccccc4)cn3)ccc2c1.[NaH]. The normalized spacial score (nSPS) is 12.1. The number of aromatic nitrogens is 2. The van der Waals surface area contributed by atoms with Crippen molar-refractivity contribution >= 4 is 40.3 Å². The maximum absolute atomic E-state index is 6.06. The van der Waals surface area contributed by atoms with Gasteiger partial charge in [-0.3, -0.25) is 0 Å². The van der Waals surface area contributed by atoms with Crippen LogP contribution < -0.4 is 4.74 Å². The molecule has 1 unspecified atom stereocenters. The Morgan fingerprint density at radius 1 is 0.650 bits per heavy atom. The summed E-state index contributed by atoms with van der Waals surface area (Å²) in [5.74, 6) is 0.844. The summed E-state index contributed by atoms with van der Waals surface area (Å²) in [4.78, 5) is 4.93. The summed E-state index contributed by atoms with van der Waals surface area (Å²) in [6, 6.07) is 44.3. The van der Waals surface area contributed by atoms with Crippen LogP contribution >= 0.6 is 0 Å². The Morgan fingerprint density at radius 3 is 1.70 bits per heavy atom. The van der Waals surface area contributed by atoms with E-state index >= 15 is 0 Å². The van der Waals surface area contributed by atoms with Crippen LogP contribution in [0, 0.1) is 0 Å². The number of rotatable bonds is 8. The number of ether oxygens (including phenoxy) is 2. The number of hydrogen-bond acceptors (Lipinski definition) is 3. The minimum absolute atomic E-state index is 0. The number of imidazole rings is 1. The summed E-state index contributed by atoms with van der Waals surface area (Å²) < 4.78 is 13.7. The van der Waals surface area contributed by atoms with Crippen molar-refractivity contribution in [3.63, 3.8) is 0 Å². The third-order valence-electron chi connectivity index (χ3n) is 7.44. The van der Waals surface area contributed by atoms with E-state index in [0.717, 1.165) is 44.5 Å². The molecule has 1 aromatic heterocycles. The number of fused-ring (bicyclic) bond motifs is 1. The molecule has 6 rings (SSSR count). The molecule has 0 saturated heterocycles. The fourth-order valence-electron chi connectivity index (χ4n) is 5.60. The van der Waals surface area contributed by atoms with E-state index < -0.39 is 5.54 Å². The van der Waals surface area contributed by atoms with Gasteiger partial charge < -0.3 is 14.0 Å². The molecule has 0 aliphatic heterocycles. The zero-order valence-corrected chi connectivity index (χ0v) is 22.1. The monoisotopic (exact) mass is 534 g/mol. The van der Waals surface area contributed by atoms with Crippen molar-refractivity contribution in [3.05, 3.63) is 168 Å². The number of nitrogens with zero attached hydrogens (tertiary/aromatic N) is 2. The van der Waals surface area contributed by atoms with Gasteiger partial charge in [-0.1, -0.05) is 109 Å². The molecular formula is C35H31N2NaO2. The fraction of sp³-hybridized carbons (Fsp3) is 0.114. The molecule has 4 nitrogen and oxygen atoms in total. The van der Waals surface area contributed by atoms with Crippen molar-refractivity contribution in [1.82, 2.24) is 9.55 Å². The van der Waals surface area contributed by atoms with Gasteiger partial charge in [-0.25, -0.2) is 4.98 Å². The average molecular weight is 535 g/mol. The standard InChI is InChI=1S/C35H30N2O2.Na.H/c1-38-32-21-20-26-22-28(19-18-27(26)23-32)34(39-2)33-24-37(25-36-33)35(29-12-6-3-7-13-29,30-14-8-4-9-15-30)31-16-10-5-11-17-31;;/h3-25,34H,1-2H3;;. The summed E-state index contributed by atoms with van der Waals surface area (Å²) in [5.41, 5.74) is 4.73. The summed E-state index contributed by atoms with van der Waals surface area (Å²) in [6.45, 7) is 0. The van der Waals surface area contributed by atoms with Crippen molar-refractivity contribution in [2.24, 2.45) is 0 Å². The predicted molar refractivity (Wildman–Crippen MR) is 163 cm³/mol. The third kappa shape index (κ3) is 5.00. The topological polar surface area (TPSA) is 36.3 Å². The third-order valence-corrected chi connectivity index (χ3v) is 7.44. The van der Waals surface area contributed by atoms with Crippen LogP contribution in [0.15, 0.2) is 140 Å². The molecule has 1 atom stereocenters. The van der Waals surface area contributed by atoms with Crippen LogP contribution in [-0.4, -0.2) is 53.3 Å². The molecule has 0 saturated carbocycles. The van der Waals surface area contributed by atoms with Gasteiger partial charge in [0, 0.05) is 13.3 Å². The minimum atomic E-state index is -0.618. The molecule has 1 heterocycles. The molecule has 0 fully saturated rings. The first kappa shape index (κ1) is 27.9. The van der Waals surface area contributed by atoms with E-state index in [2.05, 4.69) is 126 Å². The molecule has 40 heavy (non-hydrogen) atoms. The summed E-state index contributed by atoms with van der Waals surface area (Å²) in [6.07, 6.45) is 3.73. The second-order valence-corrected chi connectivity index (χ2v) is 9.60. The van der Waals surface area contributed by atoms with Crippen LogP contribution in [0.4, 0.5) is 0 Å². The second kappa shape index (κ2) is 12.2. The molecule has 0 bridgehead atoms. The Balaban J connectivity index is 0.00000323. The molecule has 5 aromatic carbocycles. The van der Waals surface area contributed by atoms with E-state index in [4.69, 9.17) is 14.5 Å². The van der Waals surface area contributed by atoms with Gasteiger partial charge in [0.05, 0.1) is 19.1 Å². The Morgan fingerprint density at radius 2 is 1.18 bits per heavy atom. The average Bonchev–Trinajstić information content (AvgIpc) is 3.49. The van der Waals surface area contributed by atoms with Crippen molar-refractivity contribution in [2.75, 3.05) is 14.2 Å². The molecule has 0 N–H and O–H groups in total. The van der Waals surface area contributed by atoms with Crippen molar-refractivity contribution < 1.29 is 9.47 Å². The van der Waals surface area contributed by atoms with Gasteiger partial charge in [-0.2, -0.15) is 0 Å². The predicted octanol–water partition coefficient (Wildman–Crippen LogP) is 6.97.